The molecule has 118 valence electrons. The molecule has 1 aliphatic heterocycles. The van der Waals surface area contributed by atoms with Crippen molar-refractivity contribution in [2.75, 3.05) is 24.7 Å². The standard InChI is InChI=1S/C13H16N4O4S/c1-22(20,21)16-6-2-3-11(9-16)15-12-5-4-10(8-14)7-13(12)17(18)19/h4-5,7,11,15H,2-3,6,9H2,1H3. The molecule has 22 heavy (non-hydrogen) atoms. The van der Waals surface area contributed by atoms with Gasteiger partial charge in [-0.15, -0.1) is 0 Å². The van der Waals surface area contributed by atoms with Crippen LogP contribution in [-0.2, 0) is 10.0 Å². The summed E-state index contributed by atoms with van der Waals surface area (Å²) in [7, 11) is -3.27. The summed E-state index contributed by atoms with van der Waals surface area (Å²) < 4.78 is 24.6. The van der Waals surface area contributed by atoms with Gasteiger partial charge < -0.3 is 5.32 Å². The second-order valence-corrected chi connectivity index (χ2v) is 7.19. The summed E-state index contributed by atoms with van der Waals surface area (Å²) in [5.41, 5.74) is 0.318. The highest BCUT2D eigenvalue weighted by Crippen LogP contribution is 2.27. The average molecular weight is 324 g/mol. The number of piperidine rings is 1. The van der Waals surface area contributed by atoms with Crippen LogP contribution in [-0.4, -0.2) is 43.0 Å². The fraction of sp³-hybridized carbons (Fsp3) is 0.462. The van der Waals surface area contributed by atoms with Crippen LogP contribution in [0.4, 0.5) is 11.4 Å². The fourth-order valence-corrected chi connectivity index (χ4v) is 3.37. The predicted molar refractivity (Wildman–Crippen MR) is 80.9 cm³/mol. The average Bonchev–Trinajstić information content (AvgIpc) is 2.47. The third-order valence-corrected chi connectivity index (χ3v) is 4.81. The fourth-order valence-electron chi connectivity index (χ4n) is 2.46. The van der Waals surface area contributed by atoms with Gasteiger partial charge in [-0.2, -0.15) is 5.26 Å². The van der Waals surface area contributed by atoms with E-state index in [9.17, 15) is 18.5 Å². The lowest BCUT2D eigenvalue weighted by atomic mass is 10.1. The van der Waals surface area contributed by atoms with E-state index in [1.54, 1.807) is 0 Å². The lowest BCUT2D eigenvalue weighted by Gasteiger charge is -2.31. The van der Waals surface area contributed by atoms with E-state index < -0.39 is 14.9 Å². The summed E-state index contributed by atoms with van der Waals surface area (Å²) in [6.45, 7) is 0.739. The van der Waals surface area contributed by atoms with E-state index in [0.29, 0.717) is 18.7 Å². The van der Waals surface area contributed by atoms with Crippen LogP contribution in [0.15, 0.2) is 18.2 Å². The van der Waals surface area contributed by atoms with Gasteiger partial charge in [-0.25, -0.2) is 12.7 Å². The Labute approximate surface area is 128 Å². The second-order valence-electron chi connectivity index (χ2n) is 5.21. The first kappa shape index (κ1) is 16.2. The van der Waals surface area contributed by atoms with Crippen LogP contribution in [0, 0.1) is 21.4 Å². The van der Waals surface area contributed by atoms with Gasteiger partial charge in [-0.05, 0) is 25.0 Å². The molecule has 1 aromatic carbocycles. The van der Waals surface area contributed by atoms with Crippen molar-refractivity contribution in [1.82, 2.24) is 4.31 Å². The Bertz CT molecular complexity index is 726. The molecule has 0 amide bonds. The van der Waals surface area contributed by atoms with Crippen molar-refractivity contribution in [3.63, 3.8) is 0 Å². The molecule has 8 nitrogen and oxygen atoms in total. The summed E-state index contributed by atoms with van der Waals surface area (Å²) in [6.07, 6.45) is 2.57. The first-order valence-corrected chi connectivity index (χ1v) is 8.56. The van der Waals surface area contributed by atoms with Crippen LogP contribution < -0.4 is 5.32 Å². The molecule has 9 heteroatoms. The zero-order chi connectivity index (χ0) is 16.3. The van der Waals surface area contributed by atoms with Gasteiger partial charge >= 0.3 is 0 Å². The number of nitro benzene ring substituents is 1. The Kier molecular flexibility index (Phi) is 4.63. The molecule has 1 N–H and O–H groups in total. The quantitative estimate of drug-likeness (QED) is 0.659. The highest BCUT2D eigenvalue weighted by atomic mass is 32.2. The summed E-state index contributed by atoms with van der Waals surface area (Å²) in [6, 6.07) is 5.84. The Morgan fingerprint density at radius 3 is 2.82 bits per heavy atom. The molecule has 0 aromatic heterocycles. The zero-order valence-electron chi connectivity index (χ0n) is 12.0. The normalized spacial score (nSPS) is 19.4. The van der Waals surface area contributed by atoms with Gasteiger partial charge in [-0.3, -0.25) is 10.1 Å². The number of hydrogen-bond acceptors (Lipinski definition) is 6. The van der Waals surface area contributed by atoms with E-state index in [-0.39, 0.29) is 23.8 Å². The third kappa shape index (κ3) is 3.72. The Morgan fingerprint density at radius 2 is 2.23 bits per heavy atom. The molecule has 0 bridgehead atoms. The van der Waals surface area contributed by atoms with Gasteiger partial charge in [0, 0.05) is 25.2 Å². The molecule has 0 radical (unpaired) electrons. The summed E-state index contributed by atoms with van der Waals surface area (Å²) >= 11 is 0. The van der Waals surface area contributed by atoms with Crippen molar-refractivity contribution >= 4 is 21.4 Å². The Morgan fingerprint density at radius 1 is 1.50 bits per heavy atom. The number of hydrogen-bond donors (Lipinski definition) is 1. The second kappa shape index (κ2) is 6.29. The van der Waals surface area contributed by atoms with Gasteiger partial charge in [0.25, 0.3) is 5.69 Å². The Balaban J connectivity index is 2.20. The number of anilines is 1. The molecular weight excluding hydrogens is 308 g/mol. The van der Waals surface area contributed by atoms with Gasteiger partial charge in [0.05, 0.1) is 22.8 Å². The molecule has 1 aromatic rings. The van der Waals surface area contributed by atoms with E-state index in [1.807, 2.05) is 6.07 Å². The van der Waals surface area contributed by atoms with E-state index in [4.69, 9.17) is 5.26 Å². The maximum atomic E-state index is 11.6. The molecule has 1 heterocycles. The van der Waals surface area contributed by atoms with Crippen LogP contribution in [0.2, 0.25) is 0 Å². The maximum Gasteiger partial charge on any atom is 0.293 e. The van der Waals surface area contributed by atoms with Crippen molar-refractivity contribution < 1.29 is 13.3 Å². The van der Waals surface area contributed by atoms with Gasteiger partial charge in [-0.1, -0.05) is 0 Å². The predicted octanol–water partition coefficient (Wildman–Crippen LogP) is 1.30. The van der Waals surface area contributed by atoms with Gasteiger partial charge in [0.1, 0.15) is 5.69 Å². The van der Waals surface area contributed by atoms with E-state index >= 15 is 0 Å². The molecule has 1 unspecified atom stereocenters. The van der Waals surface area contributed by atoms with Gasteiger partial charge in [0.15, 0.2) is 0 Å². The minimum atomic E-state index is -3.27. The molecule has 1 saturated heterocycles. The minimum Gasteiger partial charge on any atom is -0.375 e. The van der Waals surface area contributed by atoms with Gasteiger partial charge in [0.2, 0.25) is 10.0 Å². The molecule has 1 atom stereocenters. The number of benzene rings is 1. The van der Waals surface area contributed by atoms with Crippen LogP contribution in [0.1, 0.15) is 18.4 Å². The molecule has 0 saturated carbocycles. The van der Waals surface area contributed by atoms with E-state index in [1.165, 1.54) is 22.5 Å². The van der Waals surface area contributed by atoms with Crippen molar-refractivity contribution in [3.05, 3.63) is 33.9 Å². The number of nitrogens with zero attached hydrogens (tertiary/aromatic N) is 3. The maximum absolute atomic E-state index is 11.6. The SMILES string of the molecule is CS(=O)(=O)N1CCCC(Nc2ccc(C#N)cc2[N+](=O)[O-])C1. The first-order chi connectivity index (χ1) is 10.3. The number of nitrogens with one attached hydrogen (secondary N) is 1. The molecule has 0 spiro atoms. The number of rotatable bonds is 4. The highest BCUT2D eigenvalue weighted by Gasteiger charge is 2.27. The first-order valence-electron chi connectivity index (χ1n) is 6.71. The van der Waals surface area contributed by atoms with Crippen LogP contribution in [0.3, 0.4) is 0 Å². The Hall–Kier alpha value is -2.18. The summed E-state index contributed by atoms with van der Waals surface area (Å²) in [5, 5.41) is 22.9. The number of sulfonamides is 1. The topological polar surface area (TPSA) is 116 Å². The van der Waals surface area contributed by atoms with E-state index in [2.05, 4.69) is 5.32 Å². The number of nitriles is 1. The lowest BCUT2D eigenvalue weighted by molar-refractivity contribution is -0.384. The van der Waals surface area contributed by atoms with E-state index in [0.717, 1.165) is 12.7 Å². The summed E-state index contributed by atoms with van der Waals surface area (Å²) in [5.74, 6) is 0. The molecular formula is C13H16N4O4S. The van der Waals surface area contributed by atoms with Crippen LogP contribution in [0.5, 0.6) is 0 Å². The van der Waals surface area contributed by atoms with Crippen molar-refractivity contribution in [2.45, 2.75) is 18.9 Å². The van der Waals surface area contributed by atoms with Crippen LogP contribution >= 0.6 is 0 Å². The molecule has 0 aliphatic carbocycles. The largest absolute Gasteiger partial charge is 0.375 e. The third-order valence-electron chi connectivity index (χ3n) is 3.54. The van der Waals surface area contributed by atoms with Crippen molar-refractivity contribution in [1.29, 1.82) is 5.26 Å². The minimum absolute atomic E-state index is 0.185. The highest BCUT2D eigenvalue weighted by molar-refractivity contribution is 7.88. The summed E-state index contributed by atoms with van der Waals surface area (Å²) in [4.78, 5) is 10.5. The lowest BCUT2D eigenvalue weighted by Crippen LogP contribution is -2.44. The molecule has 1 fully saturated rings. The van der Waals surface area contributed by atoms with Crippen molar-refractivity contribution in [2.24, 2.45) is 0 Å². The zero-order valence-corrected chi connectivity index (χ0v) is 12.8. The molecule has 2 rings (SSSR count). The monoisotopic (exact) mass is 324 g/mol. The number of nitro groups is 1. The smallest absolute Gasteiger partial charge is 0.293 e. The van der Waals surface area contributed by atoms with Crippen LogP contribution in [0.25, 0.3) is 0 Å². The van der Waals surface area contributed by atoms with Crippen molar-refractivity contribution in [3.8, 4) is 6.07 Å². The molecule has 1 aliphatic rings.